The Hall–Kier alpha value is -1.99. The second-order valence-corrected chi connectivity index (χ2v) is 4.64. The molecule has 1 N–H and O–H groups in total. The molecule has 0 saturated heterocycles. The van der Waals surface area contributed by atoms with Crippen molar-refractivity contribution in [2.75, 3.05) is 13.7 Å². The van der Waals surface area contributed by atoms with Gasteiger partial charge in [0.1, 0.15) is 12.9 Å². The summed E-state index contributed by atoms with van der Waals surface area (Å²) < 4.78 is 10.2. The molecule has 1 heterocycles. The molecule has 0 radical (unpaired) electrons. The topological polar surface area (TPSA) is 95.0 Å². The van der Waals surface area contributed by atoms with Crippen LogP contribution in [0.25, 0.3) is 0 Å². The molecule has 1 unspecified atom stereocenters. The standard InChI is InChI=1S/C15H21NO6/c1-4-6-21-15(18)13-7-11(10(5-2)8-17)12(9-22-19)14(16-13)20-3/h7-8,10,19H,4-6,9H2,1-3H3. The van der Waals surface area contributed by atoms with Gasteiger partial charge in [0.15, 0.2) is 5.69 Å². The third-order valence-corrected chi connectivity index (χ3v) is 3.17. The van der Waals surface area contributed by atoms with E-state index in [4.69, 9.17) is 14.7 Å². The summed E-state index contributed by atoms with van der Waals surface area (Å²) in [4.78, 5) is 31.5. The highest BCUT2D eigenvalue weighted by atomic mass is 17.1. The lowest BCUT2D eigenvalue weighted by Gasteiger charge is -2.17. The number of methoxy groups -OCH3 is 1. The van der Waals surface area contributed by atoms with E-state index in [0.717, 1.165) is 6.29 Å². The van der Waals surface area contributed by atoms with Crippen LogP contribution >= 0.6 is 0 Å². The first kappa shape index (κ1) is 18.1. The van der Waals surface area contributed by atoms with Crippen molar-refractivity contribution in [2.24, 2.45) is 0 Å². The van der Waals surface area contributed by atoms with E-state index >= 15 is 0 Å². The molecule has 0 aliphatic carbocycles. The number of pyridine rings is 1. The summed E-state index contributed by atoms with van der Waals surface area (Å²) in [7, 11) is 1.38. The van der Waals surface area contributed by atoms with Crippen LogP contribution in [0.2, 0.25) is 0 Å². The summed E-state index contributed by atoms with van der Waals surface area (Å²) in [6, 6.07) is 1.48. The normalized spacial score (nSPS) is 11.8. The lowest BCUT2D eigenvalue weighted by atomic mass is 9.93. The number of nitrogens with zero attached hydrogens (tertiary/aromatic N) is 1. The highest BCUT2D eigenvalue weighted by Gasteiger charge is 2.22. The van der Waals surface area contributed by atoms with Gasteiger partial charge in [-0.1, -0.05) is 13.8 Å². The molecule has 0 spiro atoms. The predicted octanol–water partition coefficient (Wildman–Crippen LogP) is 2.34. The first-order valence-corrected chi connectivity index (χ1v) is 7.09. The predicted molar refractivity (Wildman–Crippen MR) is 77.9 cm³/mol. The monoisotopic (exact) mass is 311 g/mol. The fourth-order valence-corrected chi connectivity index (χ4v) is 2.04. The molecule has 1 aromatic rings. The Morgan fingerprint density at radius 1 is 1.45 bits per heavy atom. The highest BCUT2D eigenvalue weighted by Crippen LogP contribution is 2.29. The van der Waals surface area contributed by atoms with Gasteiger partial charge in [0, 0.05) is 11.5 Å². The van der Waals surface area contributed by atoms with Crippen molar-refractivity contribution in [1.82, 2.24) is 4.98 Å². The average Bonchev–Trinajstić information content (AvgIpc) is 2.54. The van der Waals surface area contributed by atoms with Crippen LogP contribution in [0.15, 0.2) is 6.07 Å². The molecule has 0 amide bonds. The quantitative estimate of drug-likeness (QED) is 0.323. The molecule has 0 saturated carbocycles. The molecule has 0 aliphatic heterocycles. The van der Waals surface area contributed by atoms with Crippen molar-refractivity contribution in [3.63, 3.8) is 0 Å². The van der Waals surface area contributed by atoms with Gasteiger partial charge >= 0.3 is 5.97 Å². The fraction of sp³-hybridized carbons (Fsp3) is 0.533. The minimum absolute atomic E-state index is 0.0577. The van der Waals surface area contributed by atoms with Crippen molar-refractivity contribution >= 4 is 12.3 Å². The Labute approximate surface area is 129 Å². The minimum Gasteiger partial charge on any atom is -0.481 e. The van der Waals surface area contributed by atoms with Crippen molar-refractivity contribution in [2.45, 2.75) is 39.2 Å². The number of carbonyl (C=O) groups excluding carboxylic acids is 2. The van der Waals surface area contributed by atoms with Gasteiger partial charge in [-0.2, -0.15) is 0 Å². The molecule has 0 aromatic carbocycles. The molecule has 1 atom stereocenters. The van der Waals surface area contributed by atoms with E-state index in [0.29, 0.717) is 24.0 Å². The van der Waals surface area contributed by atoms with Crippen molar-refractivity contribution in [3.8, 4) is 5.88 Å². The SMILES string of the molecule is CCCOC(=O)c1cc(C(C=O)CC)c(COO)c(OC)n1. The lowest BCUT2D eigenvalue weighted by molar-refractivity contribution is -0.253. The number of rotatable bonds is 9. The van der Waals surface area contributed by atoms with Gasteiger partial charge in [-0.3, -0.25) is 5.26 Å². The van der Waals surface area contributed by atoms with Gasteiger partial charge in [-0.05, 0) is 24.5 Å². The maximum Gasteiger partial charge on any atom is 0.357 e. The van der Waals surface area contributed by atoms with Gasteiger partial charge < -0.3 is 14.3 Å². The number of hydrogen-bond acceptors (Lipinski definition) is 7. The Morgan fingerprint density at radius 3 is 2.68 bits per heavy atom. The van der Waals surface area contributed by atoms with E-state index in [1.165, 1.54) is 13.2 Å². The molecule has 122 valence electrons. The van der Waals surface area contributed by atoms with Gasteiger partial charge in [0.25, 0.3) is 0 Å². The summed E-state index contributed by atoms with van der Waals surface area (Å²) in [5, 5.41) is 8.72. The molecule has 1 aromatic heterocycles. The number of esters is 1. The van der Waals surface area contributed by atoms with Crippen LogP contribution < -0.4 is 4.74 Å². The largest absolute Gasteiger partial charge is 0.481 e. The van der Waals surface area contributed by atoms with Crippen LogP contribution in [0.3, 0.4) is 0 Å². The number of aldehydes is 1. The highest BCUT2D eigenvalue weighted by molar-refractivity contribution is 5.88. The Kier molecular flexibility index (Phi) is 7.48. The summed E-state index contributed by atoms with van der Waals surface area (Å²) in [6.45, 7) is 3.81. The molecule has 0 fully saturated rings. The van der Waals surface area contributed by atoms with Crippen molar-refractivity contribution in [3.05, 3.63) is 22.9 Å². The van der Waals surface area contributed by atoms with Gasteiger partial charge in [0.05, 0.1) is 13.7 Å². The number of hydrogen-bond donors (Lipinski definition) is 1. The molecule has 7 nitrogen and oxygen atoms in total. The zero-order valence-electron chi connectivity index (χ0n) is 13.0. The number of ether oxygens (including phenoxy) is 2. The van der Waals surface area contributed by atoms with E-state index in [2.05, 4.69) is 9.87 Å². The van der Waals surface area contributed by atoms with Gasteiger partial charge in [-0.25, -0.2) is 14.7 Å². The van der Waals surface area contributed by atoms with E-state index in [9.17, 15) is 9.59 Å². The summed E-state index contributed by atoms with van der Waals surface area (Å²) >= 11 is 0. The molecular weight excluding hydrogens is 290 g/mol. The van der Waals surface area contributed by atoms with Gasteiger partial charge in [0.2, 0.25) is 5.88 Å². The number of aromatic nitrogens is 1. The molecule has 22 heavy (non-hydrogen) atoms. The molecule has 1 rings (SSSR count). The third-order valence-electron chi connectivity index (χ3n) is 3.17. The van der Waals surface area contributed by atoms with Crippen LogP contribution in [0, 0.1) is 0 Å². The first-order chi connectivity index (χ1) is 10.6. The Bertz CT molecular complexity index is 517. The van der Waals surface area contributed by atoms with Gasteiger partial charge in [-0.15, -0.1) is 0 Å². The van der Waals surface area contributed by atoms with E-state index in [-0.39, 0.29) is 24.8 Å². The molecule has 7 heteroatoms. The van der Waals surface area contributed by atoms with E-state index in [1.54, 1.807) is 0 Å². The maximum atomic E-state index is 12.0. The second-order valence-electron chi connectivity index (χ2n) is 4.64. The molecule has 0 bridgehead atoms. The Balaban J connectivity index is 3.35. The summed E-state index contributed by atoms with van der Waals surface area (Å²) in [6.07, 6.45) is 1.99. The minimum atomic E-state index is -0.585. The summed E-state index contributed by atoms with van der Waals surface area (Å²) in [5.41, 5.74) is 1.01. The van der Waals surface area contributed by atoms with E-state index in [1.807, 2.05) is 13.8 Å². The van der Waals surface area contributed by atoms with Crippen LogP contribution in [-0.2, 0) is 21.0 Å². The smallest absolute Gasteiger partial charge is 0.357 e. The van der Waals surface area contributed by atoms with Crippen LogP contribution in [-0.4, -0.2) is 36.2 Å². The zero-order chi connectivity index (χ0) is 16.5. The second kappa shape index (κ2) is 9.11. The van der Waals surface area contributed by atoms with Crippen LogP contribution in [0.1, 0.15) is 54.2 Å². The average molecular weight is 311 g/mol. The van der Waals surface area contributed by atoms with E-state index < -0.39 is 11.9 Å². The molecular formula is C15H21NO6. The first-order valence-electron chi connectivity index (χ1n) is 7.09. The lowest BCUT2D eigenvalue weighted by Crippen LogP contribution is -2.14. The fourth-order valence-electron chi connectivity index (χ4n) is 2.04. The van der Waals surface area contributed by atoms with Crippen LogP contribution in [0.5, 0.6) is 5.88 Å². The van der Waals surface area contributed by atoms with Crippen molar-refractivity contribution < 1.29 is 29.2 Å². The zero-order valence-corrected chi connectivity index (χ0v) is 13.0. The number of carbonyl (C=O) groups is 2. The third kappa shape index (κ3) is 4.25. The Morgan fingerprint density at radius 2 is 2.18 bits per heavy atom. The maximum absolute atomic E-state index is 12.0. The van der Waals surface area contributed by atoms with Crippen LogP contribution in [0.4, 0.5) is 0 Å². The molecule has 0 aliphatic rings. The summed E-state index contributed by atoms with van der Waals surface area (Å²) in [5.74, 6) is -0.923. The van der Waals surface area contributed by atoms with Crippen molar-refractivity contribution in [1.29, 1.82) is 0 Å².